The lowest BCUT2D eigenvalue weighted by Gasteiger charge is -2.00. The van der Waals surface area contributed by atoms with E-state index in [9.17, 15) is 4.79 Å². The van der Waals surface area contributed by atoms with Gasteiger partial charge in [0.2, 0.25) is 0 Å². The summed E-state index contributed by atoms with van der Waals surface area (Å²) in [6, 6.07) is 0. The zero-order valence-corrected chi connectivity index (χ0v) is 9.97. The van der Waals surface area contributed by atoms with Gasteiger partial charge >= 0.3 is 0 Å². The molecular weight excluding hydrogens is 244 g/mol. The van der Waals surface area contributed by atoms with Gasteiger partial charge in [-0.1, -0.05) is 6.08 Å². The molecule has 0 fully saturated rings. The lowest BCUT2D eigenvalue weighted by molar-refractivity contribution is -0.117. The molecule has 0 spiro atoms. The van der Waals surface area contributed by atoms with Crippen molar-refractivity contribution >= 4 is 21.7 Å². The highest BCUT2D eigenvalue weighted by atomic mass is 79.9. The van der Waals surface area contributed by atoms with Crippen molar-refractivity contribution in [2.24, 2.45) is 7.05 Å². The van der Waals surface area contributed by atoms with Crippen molar-refractivity contribution in [3.8, 4) is 0 Å². The lowest BCUT2D eigenvalue weighted by atomic mass is 10.1. The standard InChI is InChI=1S/C10H13BrN2O/c1-4-5-8(14)6-9-10(11)7(2)12-13(9)3/h4H,1,5-6H2,2-3H3. The maximum Gasteiger partial charge on any atom is 0.142 e. The van der Waals surface area contributed by atoms with E-state index in [1.54, 1.807) is 10.8 Å². The van der Waals surface area contributed by atoms with Gasteiger partial charge in [-0.2, -0.15) is 5.10 Å². The van der Waals surface area contributed by atoms with Gasteiger partial charge in [0.25, 0.3) is 0 Å². The van der Waals surface area contributed by atoms with Crippen LogP contribution in [-0.4, -0.2) is 15.6 Å². The van der Waals surface area contributed by atoms with E-state index in [4.69, 9.17) is 0 Å². The number of allylic oxidation sites excluding steroid dienone is 1. The summed E-state index contributed by atoms with van der Waals surface area (Å²) in [5.41, 5.74) is 1.84. The fourth-order valence-corrected chi connectivity index (χ4v) is 1.77. The number of aromatic nitrogens is 2. The first-order valence-electron chi connectivity index (χ1n) is 4.36. The summed E-state index contributed by atoms with van der Waals surface area (Å²) in [5.74, 6) is 0.156. The van der Waals surface area contributed by atoms with E-state index in [1.165, 1.54) is 0 Å². The fourth-order valence-electron chi connectivity index (χ4n) is 1.29. The van der Waals surface area contributed by atoms with Crippen molar-refractivity contribution < 1.29 is 4.79 Å². The largest absolute Gasteiger partial charge is 0.299 e. The Morgan fingerprint density at radius 1 is 1.71 bits per heavy atom. The Bertz CT molecular complexity index is 368. The second-order valence-electron chi connectivity index (χ2n) is 3.18. The Hall–Kier alpha value is -0.900. The third-order valence-corrected chi connectivity index (χ3v) is 3.03. The summed E-state index contributed by atoms with van der Waals surface area (Å²) in [4.78, 5) is 11.4. The molecule has 0 saturated heterocycles. The van der Waals surface area contributed by atoms with Gasteiger partial charge in [-0.15, -0.1) is 6.58 Å². The molecule has 76 valence electrons. The van der Waals surface area contributed by atoms with Crippen LogP contribution in [0.3, 0.4) is 0 Å². The molecule has 0 amide bonds. The fraction of sp³-hybridized carbons (Fsp3) is 0.400. The molecule has 4 heteroatoms. The molecule has 0 aliphatic heterocycles. The van der Waals surface area contributed by atoms with Crippen molar-refractivity contribution in [1.29, 1.82) is 0 Å². The second-order valence-corrected chi connectivity index (χ2v) is 3.97. The molecule has 0 N–H and O–H groups in total. The molecule has 1 aromatic heterocycles. The van der Waals surface area contributed by atoms with Crippen LogP contribution in [-0.2, 0) is 18.3 Å². The molecule has 0 radical (unpaired) electrons. The van der Waals surface area contributed by atoms with Gasteiger partial charge in [0.15, 0.2) is 0 Å². The predicted octanol–water partition coefficient (Wildman–Crippen LogP) is 2.18. The Morgan fingerprint density at radius 2 is 2.36 bits per heavy atom. The maximum atomic E-state index is 11.4. The van der Waals surface area contributed by atoms with Crippen LogP contribution in [0.2, 0.25) is 0 Å². The van der Waals surface area contributed by atoms with Gasteiger partial charge in [0, 0.05) is 19.9 Å². The van der Waals surface area contributed by atoms with E-state index in [1.807, 2.05) is 14.0 Å². The van der Waals surface area contributed by atoms with E-state index in [2.05, 4.69) is 27.6 Å². The van der Waals surface area contributed by atoms with Gasteiger partial charge < -0.3 is 0 Å². The van der Waals surface area contributed by atoms with E-state index < -0.39 is 0 Å². The quantitative estimate of drug-likeness (QED) is 0.775. The van der Waals surface area contributed by atoms with Crippen molar-refractivity contribution in [1.82, 2.24) is 9.78 Å². The molecule has 0 saturated carbocycles. The van der Waals surface area contributed by atoms with Gasteiger partial charge in [-0.3, -0.25) is 9.48 Å². The minimum Gasteiger partial charge on any atom is -0.299 e. The van der Waals surface area contributed by atoms with Crippen molar-refractivity contribution in [2.45, 2.75) is 19.8 Å². The van der Waals surface area contributed by atoms with Crippen LogP contribution in [0.5, 0.6) is 0 Å². The van der Waals surface area contributed by atoms with Crippen LogP contribution < -0.4 is 0 Å². The second kappa shape index (κ2) is 4.55. The summed E-state index contributed by atoms with van der Waals surface area (Å²) in [6.45, 7) is 5.45. The van der Waals surface area contributed by atoms with Crippen molar-refractivity contribution in [2.75, 3.05) is 0 Å². The first-order valence-corrected chi connectivity index (χ1v) is 5.16. The number of ketones is 1. The van der Waals surface area contributed by atoms with Crippen LogP contribution in [0.25, 0.3) is 0 Å². The van der Waals surface area contributed by atoms with E-state index in [0.29, 0.717) is 12.8 Å². The Morgan fingerprint density at radius 3 is 2.79 bits per heavy atom. The summed E-state index contributed by atoms with van der Waals surface area (Å²) >= 11 is 3.42. The molecule has 3 nitrogen and oxygen atoms in total. The van der Waals surface area contributed by atoms with Crippen molar-refractivity contribution in [3.63, 3.8) is 0 Å². The molecule has 1 heterocycles. The topological polar surface area (TPSA) is 34.9 Å². The number of halogens is 1. The van der Waals surface area contributed by atoms with Crippen LogP contribution >= 0.6 is 15.9 Å². The molecule has 0 atom stereocenters. The van der Waals surface area contributed by atoms with Gasteiger partial charge in [0.05, 0.1) is 15.9 Å². The first kappa shape index (κ1) is 11.2. The number of carbonyl (C=O) groups excluding carboxylic acids is 1. The molecule has 1 aromatic rings. The lowest BCUT2D eigenvalue weighted by Crippen LogP contribution is -2.06. The summed E-state index contributed by atoms with van der Waals surface area (Å²) in [5, 5.41) is 4.22. The average Bonchev–Trinajstić information content (AvgIpc) is 2.33. The van der Waals surface area contributed by atoms with E-state index in [0.717, 1.165) is 15.9 Å². The van der Waals surface area contributed by atoms with Crippen molar-refractivity contribution in [3.05, 3.63) is 28.5 Å². The molecule has 0 unspecified atom stereocenters. The van der Waals surface area contributed by atoms with Gasteiger partial charge in [-0.25, -0.2) is 0 Å². The number of rotatable bonds is 4. The highest BCUT2D eigenvalue weighted by Crippen LogP contribution is 2.20. The normalized spacial score (nSPS) is 10.2. The Kier molecular flexibility index (Phi) is 3.63. The monoisotopic (exact) mass is 256 g/mol. The van der Waals surface area contributed by atoms with Gasteiger partial charge in [0.1, 0.15) is 5.78 Å². The molecular formula is C10H13BrN2O. The first-order chi connectivity index (χ1) is 6.56. The Labute approximate surface area is 91.9 Å². The van der Waals surface area contributed by atoms with Crippen LogP contribution in [0.4, 0.5) is 0 Å². The highest BCUT2D eigenvalue weighted by Gasteiger charge is 2.13. The molecule has 0 aromatic carbocycles. The molecule has 1 rings (SSSR count). The van der Waals surface area contributed by atoms with E-state index >= 15 is 0 Å². The number of carbonyl (C=O) groups is 1. The molecule has 0 aliphatic carbocycles. The Balaban J connectivity index is 2.85. The van der Waals surface area contributed by atoms with Crippen LogP contribution in [0, 0.1) is 6.92 Å². The molecule has 0 aliphatic rings. The van der Waals surface area contributed by atoms with E-state index in [-0.39, 0.29) is 5.78 Å². The summed E-state index contributed by atoms with van der Waals surface area (Å²) < 4.78 is 2.66. The highest BCUT2D eigenvalue weighted by molar-refractivity contribution is 9.10. The number of hydrogen-bond donors (Lipinski definition) is 0. The number of hydrogen-bond acceptors (Lipinski definition) is 2. The predicted molar refractivity (Wildman–Crippen MR) is 59.2 cm³/mol. The minimum atomic E-state index is 0.156. The van der Waals surface area contributed by atoms with Gasteiger partial charge in [-0.05, 0) is 22.9 Å². The zero-order valence-electron chi connectivity index (χ0n) is 8.38. The van der Waals surface area contributed by atoms with Crippen LogP contribution in [0.1, 0.15) is 17.8 Å². The minimum absolute atomic E-state index is 0.156. The van der Waals surface area contributed by atoms with Crippen LogP contribution in [0.15, 0.2) is 17.1 Å². The third kappa shape index (κ3) is 2.32. The number of Topliss-reactive ketones (excluding diaryl/α,β-unsaturated/α-hetero) is 1. The average molecular weight is 257 g/mol. The number of nitrogens with zero attached hydrogens (tertiary/aromatic N) is 2. The maximum absolute atomic E-state index is 11.4. The molecule has 14 heavy (non-hydrogen) atoms. The smallest absolute Gasteiger partial charge is 0.142 e. The summed E-state index contributed by atoms with van der Waals surface area (Å²) in [7, 11) is 1.84. The summed E-state index contributed by atoms with van der Waals surface area (Å²) in [6.07, 6.45) is 2.44. The zero-order chi connectivity index (χ0) is 10.7. The number of aryl methyl sites for hydroxylation is 2. The third-order valence-electron chi connectivity index (χ3n) is 2.00. The SMILES string of the molecule is C=CCC(=O)Cc1c(Br)c(C)nn1C. The molecule has 0 bridgehead atoms.